The molecule has 0 spiro atoms. The maximum Gasteiger partial charge on any atom is 0.391 e. The lowest BCUT2D eigenvalue weighted by Gasteiger charge is -2.37. The average Bonchev–Trinajstić information content (AvgIpc) is 4.12. The fraction of sp³-hybridized carbons (Fsp3) is 0.556. The molecule has 0 bridgehead atoms. The molecule has 4 amide bonds. The van der Waals surface area contributed by atoms with Crippen molar-refractivity contribution in [2.75, 3.05) is 19.6 Å². The number of sulfonamides is 1. The Morgan fingerprint density at radius 2 is 1.77 bits per heavy atom. The number of likely N-dealkylation sites (tertiary alicyclic amines) is 2. The lowest BCUT2D eigenvalue weighted by Crippen LogP contribution is -2.57. The van der Waals surface area contributed by atoms with Crippen LogP contribution in [0.3, 0.4) is 0 Å². The molecule has 5 aliphatic rings. The number of amides is 4. The van der Waals surface area contributed by atoms with Crippen LogP contribution >= 0.6 is 0 Å². The molecule has 2 N–H and O–H groups in total. The second-order valence-electron chi connectivity index (χ2n) is 18.7. The van der Waals surface area contributed by atoms with Crippen LogP contribution in [0.2, 0.25) is 0 Å². The number of aryl methyl sites for hydroxylation is 2. The third-order valence-electron chi connectivity index (χ3n) is 13.4. The summed E-state index contributed by atoms with van der Waals surface area (Å²) in [6.07, 6.45) is 0.965. The molecule has 4 fully saturated rings. The van der Waals surface area contributed by atoms with Gasteiger partial charge in [-0.25, -0.2) is 13.4 Å². The zero-order valence-electron chi connectivity index (χ0n) is 35.2. The summed E-state index contributed by atoms with van der Waals surface area (Å²) in [5, 5.41) is 2.88. The third-order valence-corrected chi connectivity index (χ3v) is 15.2. The third kappa shape index (κ3) is 8.65. The summed E-state index contributed by atoms with van der Waals surface area (Å²) in [4.78, 5) is 69.3. The number of carbonyl (C=O) groups excluding carboxylic acids is 4. The van der Waals surface area contributed by atoms with Crippen molar-refractivity contribution in [3.05, 3.63) is 66.4 Å². The van der Waals surface area contributed by atoms with Gasteiger partial charge in [-0.3, -0.25) is 28.9 Å². The molecule has 332 valence electrons. The molecule has 1 unspecified atom stereocenters. The molecule has 2 saturated carbocycles. The Labute approximate surface area is 359 Å². The van der Waals surface area contributed by atoms with Gasteiger partial charge in [0.05, 0.1) is 40.5 Å². The number of nitrogens with one attached hydrogen (secondary N) is 2. The highest BCUT2D eigenvalue weighted by atomic mass is 32.2. The van der Waals surface area contributed by atoms with Crippen LogP contribution in [0, 0.1) is 23.2 Å². The van der Waals surface area contributed by atoms with Crippen molar-refractivity contribution in [2.24, 2.45) is 23.2 Å². The normalized spacial score (nSPS) is 24.6. The molecule has 5 atom stereocenters. The van der Waals surface area contributed by atoms with Gasteiger partial charge >= 0.3 is 6.18 Å². The maximum absolute atomic E-state index is 15.0. The SMILES string of the molecule is C=C[C@@H]1CC1(NC(=O)[C@@H]1C[C@@H](Oc2cc(-c3ccccn3)nc3c4c(ccc23)CCC4)CN1C(=O)[C@@H](CC(=O)N1CCC(C(F)(F)F)CC1)C(C)(C)C)C(=O)NS(=O)(=O)C1CC1. The molecular formula is C45H53F3N6O7S. The number of hydrogen-bond donors (Lipinski definition) is 2. The molecule has 3 aliphatic carbocycles. The molecule has 2 aliphatic heterocycles. The van der Waals surface area contributed by atoms with Gasteiger partial charge in [0, 0.05) is 49.5 Å². The minimum Gasteiger partial charge on any atom is -0.488 e. The van der Waals surface area contributed by atoms with Crippen LogP contribution in [0.5, 0.6) is 5.75 Å². The number of piperidine rings is 1. The topological polar surface area (TPSA) is 168 Å². The Morgan fingerprint density at radius 3 is 2.40 bits per heavy atom. The number of halogens is 3. The van der Waals surface area contributed by atoms with Crippen molar-refractivity contribution >= 4 is 44.6 Å². The van der Waals surface area contributed by atoms with Crippen molar-refractivity contribution in [1.29, 1.82) is 0 Å². The molecule has 17 heteroatoms. The van der Waals surface area contributed by atoms with Gasteiger partial charge in [0.15, 0.2) is 0 Å². The molecule has 13 nitrogen and oxygen atoms in total. The Hall–Kier alpha value is -5.06. The first-order valence-corrected chi connectivity index (χ1v) is 23.0. The molecular weight excluding hydrogens is 826 g/mol. The number of pyridine rings is 2. The molecule has 62 heavy (non-hydrogen) atoms. The Morgan fingerprint density at radius 1 is 1.03 bits per heavy atom. The van der Waals surface area contributed by atoms with E-state index in [1.54, 1.807) is 33.0 Å². The van der Waals surface area contributed by atoms with Crippen molar-refractivity contribution in [3.8, 4) is 17.1 Å². The fourth-order valence-electron chi connectivity index (χ4n) is 9.37. The molecule has 3 aromatic rings. The van der Waals surface area contributed by atoms with E-state index in [-0.39, 0.29) is 51.7 Å². The Balaban J connectivity index is 1.11. The Bertz CT molecular complexity index is 2400. The van der Waals surface area contributed by atoms with Gasteiger partial charge < -0.3 is 19.9 Å². The molecule has 8 rings (SSSR count). The van der Waals surface area contributed by atoms with Crippen LogP contribution in [0.4, 0.5) is 13.2 Å². The summed E-state index contributed by atoms with van der Waals surface area (Å²) in [6, 6.07) is 10.1. The number of fused-ring (bicyclic) bond motifs is 3. The first kappa shape index (κ1) is 43.6. The summed E-state index contributed by atoms with van der Waals surface area (Å²) in [7, 11) is -3.96. The van der Waals surface area contributed by atoms with Crippen LogP contribution in [-0.4, -0.2) is 101 Å². The quantitative estimate of drug-likeness (QED) is 0.219. The number of rotatable bonds is 12. The summed E-state index contributed by atoms with van der Waals surface area (Å²) in [6.45, 7) is 8.90. The number of aromatic nitrogens is 2. The lowest BCUT2D eigenvalue weighted by molar-refractivity contribution is -0.186. The van der Waals surface area contributed by atoms with Crippen LogP contribution in [-0.2, 0) is 42.0 Å². The van der Waals surface area contributed by atoms with E-state index in [0.29, 0.717) is 30.0 Å². The highest BCUT2D eigenvalue weighted by Gasteiger charge is 2.62. The largest absolute Gasteiger partial charge is 0.488 e. The van der Waals surface area contributed by atoms with E-state index >= 15 is 0 Å². The zero-order valence-corrected chi connectivity index (χ0v) is 36.0. The van der Waals surface area contributed by atoms with E-state index < -0.39 is 85.9 Å². The maximum atomic E-state index is 15.0. The second kappa shape index (κ2) is 16.2. The molecule has 2 aromatic heterocycles. The Kier molecular flexibility index (Phi) is 11.4. The van der Waals surface area contributed by atoms with E-state index in [9.17, 15) is 40.8 Å². The number of ether oxygens (including phenoxy) is 1. The van der Waals surface area contributed by atoms with E-state index in [4.69, 9.17) is 9.72 Å². The average molecular weight is 879 g/mol. The molecule has 1 aromatic carbocycles. The highest BCUT2D eigenvalue weighted by molar-refractivity contribution is 7.91. The van der Waals surface area contributed by atoms with E-state index in [1.165, 1.54) is 21.4 Å². The predicted octanol–water partition coefficient (Wildman–Crippen LogP) is 5.66. The monoisotopic (exact) mass is 878 g/mol. The van der Waals surface area contributed by atoms with Crippen LogP contribution < -0.4 is 14.8 Å². The van der Waals surface area contributed by atoms with Gasteiger partial charge in [0.2, 0.25) is 27.7 Å². The van der Waals surface area contributed by atoms with Crippen molar-refractivity contribution in [2.45, 2.75) is 114 Å². The first-order chi connectivity index (χ1) is 29.3. The van der Waals surface area contributed by atoms with Crippen LogP contribution in [0.1, 0.15) is 83.3 Å². The minimum absolute atomic E-state index is 0.0160. The number of carbonyl (C=O) groups is 4. The van der Waals surface area contributed by atoms with Crippen molar-refractivity contribution in [3.63, 3.8) is 0 Å². The van der Waals surface area contributed by atoms with Gasteiger partial charge in [0.1, 0.15) is 23.4 Å². The summed E-state index contributed by atoms with van der Waals surface area (Å²) >= 11 is 0. The number of alkyl halides is 3. The summed E-state index contributed by atoms with van der Waals surface area (Å²) in [5.74, 6) is -5.16. The minimum atomic E-state index is -4.36. The van der Waals surface area contributed by atoms with Gasteiger partial charge in [-0.2, -0.15) is 13.2 Å². The summed E-state index contributed by atoms with van der Waals surface area (Å²) < 4.78 is 75.0. The van der Waals surface area contributed by atoms with Gasteiger partial charge in [-0.1, -0.05) is 39.0 Å². The zero-order chi connectivity index (χ0) is 44.4. The van der Waals surface area contributed by atoms with Crippen LogP contribution in [0.25, 0.3) is 22.3 Å². The summed E-state index contributed by atoms with van der Waals surface area (Å²) in [5.41, 5.74) is 1.87. The first-order valence-electron chi connectivity index (χ1n) is 21.5. The predicted molar refractivity (Wildman–Crippen MR) is 224 cm³/mol. The standard InChI is InChI=1S/C45H53F3N6O7S/c1-5-27-24-44(27,42(58)52-62(59,60)30-13-14-30)51-40(56)36-21-29(25-54(36)41(57)33(43(2,3)4)22-38(55)53-19-16-28(17-20-53)45(46,47)48)61-37-23-35(34-11-6-7-18-49-34)50-39-31-10-8-9-26(31)12-15-32(37)39/h5-7,11-12,15,18,23,27-30,33,36H,1,8-10,13-14,16-17,19-22,24-25H2,2-4H3,(H,51,56)(H,52,58)/t27-,29-,33-,36+,44?/m1/s1. The molecule has 0 radical (unpaired) electrons. The van der Waals surface area contributed by atoms with Gasteiger partial charge in [0.25, 0.3) is 5.91 Å². The highest BCUT2D eigenvalue weighted by Crippen LogP contribution is 2.46. The van der Waals surface area contributed by atoms with E-state index in [2.05, 4.69) is 27.7 Å². The smallest absolute Gasteiger partial charge is 0.391 e. The lowest BCUT2D eigenvalue weighted by atomic mass is 9.77. The molecule has 2 saturated heterocycles. The van der Waals surface area contributed by atoms with E-state index in [1.807, 2.05) is 24.3 Å². The van der Waals surface area contributed by atoms with Gasteiger partial charge in [-0.15, -0.1) is 6.58 Å². The van der Waals surface area contributed by atoms with Crippen molar-refractivity contribution < 1.29 is 45.5 Å². The van der Waals surface area contributed by atoms with Gasteiger partial charge in [-0.05, 0) is 86.1 Å². The van der Waals surface area contributed by atoms with E-state index in [0.717, 1.165) is 35.7 Å². The van der Waals surface area contributed by atoms with Crippen molar-refractivity contribution in [1.82, 2.24) is 29.8 Å². The number of hydrogen-bond acceptors (Lipinski definition) is 9. The number of nitrogens with zero attached hydrogens (tertiary/aromatic N) is 4. The fourth-order valence-corrected chi connectivity index (χ4v) is 10.7. The number of benzene rings is 1. The molecule has 4 heterocycles. The van der Waals surface area contributed by atoms with Crippen LogP contribution in [0.15, 0.2) is 55.3 Å². The second-order valence-corrected chi connectivity index (χ2v) is 20.6.